The average molecular weight is 301 g/mol. The van der Waals surface area contributed by atoms with Crippen molar-refractivity contribution in [1.82, 2.24) is 5.32 Å². The summed E-state index contributed by atoms with van der Waals surface area (Å²) in [6.07, 6.45) is 0.765. The van der Waals surface area contributed by atoms with Crippen LogP contribution in [-0.2, 0) is 0 Å². The van der Waals surface area contributed by atoms with Crippen molar-refractivity contribution < 1.29 is 28.6 Å². The molecule has 116 valence electrons. The molecule has 7 heteroatoms. The molecule has 0 aliphatic carbocycles. The van der Waals surface area contributed by atoms with Crippen LogP contribution < -0.4 is 5.32 Å². The highest BCUT2D eigenvalue weighted by atomic mass is 19.2. The molecule has 0 heterocycles. The third-order valence-electron chi connectivity index (χ3n) is 3.43. The summed E-state index contributed by atoms with van der Waals surface area (Å²) in [5, 5.41) is 21.3. The maximum atomic E-state index is 13.2. The summed E-state index contributed by atoms with van der Waals surface area (Å²) in [5.41, 5.74) is -2.25. The largest absolute Gasteiger partial charge is 0.478 e. The van der Waals surface area contributed by atoms with Gasteiger partial charge in [0.25, 0.3) is 5.91 Å². The van der Waals surface area contributed by atoms with Crippen molar-refractivity contribution in [2.24, 2.45) is 0 Å². The Morgan fingerprint density at radius 2 is 1.62 bits per heavy atom. The Morgan fingerprint density at radius 1 is 1.14 bits per heavy atom. The lowest BCUT2D eigenvalue weighted by Gasteiger charge is -2.25. The van der Waals surface area contributed by atoms with Gasteiger partial charge in [-0.05, 0) is 25.0 Å². The number of nitrogens with one attached hydrogen (secondary N) is 1. The Labute approximate surface area is 120 Å². The molecule has 0 radical (unpaired) electrons. The van der Waals surface area contributed by atoms with Gasteiger partial charge in [-0.15, -0.1) is 0 Å². The number of carbonyl (C=O) groups is 2. The first-order valence-corrected chi connectivity index (χ1v) is 6.47. The second-order valence-corrected chi connectivity index (χ2v) is 4.73. The zero-order valence-corrected chi connectivity index (χ0v) is 11.7. The number of hydrogen-bond donors (Lipinski definition) is 3. The number of hydrogen-bond acceptors (Lipinski definition) is 3. The Kier molecular flexibility index (Phi) is 5.37. The van der Waals surface area contributed by atoms with E-state index in [1.807, 2.05) is 0 Å². The van der Waals surface area contributed by atoms with Gasteiger partial charge in [0.05, 0.1) is 16.7 Å². The summed E-state index contributed by atoms with van der Waals surface area (Å²) in [6, 6.07) is 0.990. The molecule has 0 bridgehead atoms. The van der Waals surface area contributed by atoms with Crippen molar-refractivity contribution in [1.29, 1.82) is 0 Å². The number of rotatable bonds is 6. The van der Waals surface area contributed by atoms with E-state index in [9.17, 15) is 23.5 Å². The average Bonchev–Trinajstić information content (AvgIpc) is 2.46. The van der Waals surface area contributed by atoms with E-state index in [1.54, 1.807) is 13.8 Å². The fraction of sp³-hybridized carbons (Fsp3) is 0.429. The molecule has 21 heavy (non-hydrogen) atoms. The summed E-state index contributed by atoms with van der Waals surface area (Å²) in [4.78, 5) is 22.9. The molecule has 0 atom stereocenters. The Bertz CT molecular complexity index is 556. The van der Waals surface area contributed by atoms with Gasteiger partial charge in [0.1, 0.15) is 0 Å². The van der Waals surface area contributed by atoms with Crippen LogP contribution in [0.15, 0.2) is 12.1 Å². The molecular weight excluding hydrogens is 284 g/mol. The van der Waals surface area contributed by atoms with Crippen LogP contribution in [0.5, 0.6) is 0 Å². The lowest BCUT2D eigenvalue weighted by molar-refractivity contribution is 0.0313. The zero-order valence-electron chi connectivity index (χ0n) is 11.7. The third-order valence-corrected chi connectivity index (χ3v) is 3.43. The minimum absolute atomic E-state index is 0.114. The lowest BCUT2D eigenvalue weighted by Crippen LogP contribution is -2.42. The molecule has 5 nitrogen and oxygen atoms in total. The van der Waals surface area contributed by atoms with E-state index in [0.29, 0.717) is 25.0 Å². The van der Waals surface area contributed by atoms with E-state index < -0.39 is 40.2 Å². The smallest absolute Gasteiger partial charge is 0.336 e. The van der Waals surface area contributed by atoms with Gasteiger partial charge < -0.3 is 15.5 Å². The topological polar surface area (TPSA) is 86.6 Å². The molecule has 3 N–H and O–H groups in total. The normalized spacial score (nSPS) is 11.3. The van der Waals surface area contributed by atoms with Crippen LogP contribution in [0.4, 0.5) is 8.78 Å². The van der Waals surface area contributed by atoms with E-state index in [0.717, 1.165) is 0 Å². The molecule has 1 aromatic rings. The van der Waals surface area contributed by atoms with Crippen LogP contribution in [0.1, 0.15) is 47.4 Å². The highest BCUT2D eigenvalue weighted by molar-refractivity contribution is 6.04. The maximum Gasteiger partial charge on any atom is 0.336 e. The summed E-state index contributed by atoms with van der Waals surface area (Å²) in [5.74, 6) is -5.08. The van der Waals surface area contributed by atoms with Crippen LogP contribution in [0.2, 0.25) is 0 Å². The molecule has 0 spiro atoms. The highest BCUT2D eigenvalue weighted by Gasteiger charge is 2.25. The monoisotopic (exact) mass is 301 g/mol. The van der Waals surface area contributed by atoms with Gasteiger partial charge in [-0.3, -0.25) is 4.79 Å². The van der Waals surface area contributed by atoms with Crippen molar-refractivity contribution >= 4 is 11.9 Å². The van der Waals surface area contributed by atoms with Crippen molar-refractivity contribution in [3.63, 3.8) is 0 Å². The van der Waals surface area contributed by atoms with Crippen LogP contribution in [0.3, 0.4) is 0 Å². The summed E-state index contributed by atoms with van der Waals surface area (Å²) in [7, 11) is 0. The molecule has 0 aliphatic rings. The first-order valence-electron chi connectivity index (χ1n) is 6.47. The molecule has 1 aromatic carbocycles. The van der Waals surface area contributed by atoms with Gasteiger partial charge in [-0.1, -0.05) is 13.8 Å². The fourth-order valence-corrected chi connectivity index (χ4v) is 1.75. The molecule has 0 fully saturated rings. The first-order chi connectivity index (χ1) is 9.74. The molecule has 0 aliphatic heterocycles. The maximum absolute atomic E-state index is 13.2. The summed E-state index contributed by atoms with van der Waals surface area (Å²) < 4.78 is 26.2. The van der Waals surface area contributed by atoms with Gasteiger partial charge in [0, 0.05) is 6.54 Å². The van der Waals surface area contributed by atoms with Crippen LogP contribution in [-0.4, -0.2) is 34.2 Å². The van der Waals surface area contributed by atoms with Crippen molar-refractivity contribution in [3.05, 3.63) is 34.9 Å². The van der Waals surface area contributed by atoms with E-state index in [1.165, 1.54) is 0 Å². The van der Waals surface area contributed by atoms with E-state index in [-0.39, 0.29) is 6.54 Å². The second kappa shape index (κ2) is 6.62. The van der Waals surface area contributed by atoms with Crippen LogP contribution in [0.25, 0.3) is 0 Å². The van der Waals surface area contributed by atoms with Crippen molar-refractivity contribution in [2.45, 2.75) is 32.3 Å². The number of aromatic carboxylic acids is 1. The SMILES string of the molecule is CCC(O)(CC)CNC(=O)c1cc(F)c(F)cc1C(=O)O. The van der Waals surface area contributed by atoms with Crippen LogP contribution >= 0.6 is 0 Å². The second-order valence-electron chi connectivity index (χ2n) is 4.73. The minimum atomic E-state index is -1.54. The highest BCUT2D eigenvalue weighted by Crippen LogP contribution is 2.17. The molecule has 1 rings (SSSR count). The predicted molar refractivity (Wildman–Crippen MR) is 71.2 cm³/mol. The van der Waals surface area contributed by atoms with E-state index in [2.05, 4.69) is 5.32 Å². The van der Waals surface area contributed by atoms with Gasteiger partial charge in [-0.25, -0.2) is 13.6 Å². The van der Waals surface area contributed by atoms with Crippen molar-refractivity contribution in [2.75, 3.05) is 6.54 Å². The molecule has 0 saturated heterocycles. The predicted octanol–water partition coefficient (Wildman–Crippen LogP) is 1.94. The molecular formula is C14H17F2NO4. The number of aliphatic hydroxyl groups is 1. The molecule has 0 saturated carbocycles. The number of carboxylic acids is 1. The third kappa shape index (κ3) is 3.98. The molecule has 1 amide bonds. The number of amides is 1. The standard InChI is InChI=1S/C14H17F2NO4/c1-3-14(21,4-2)7-17-12(18)8-5-10(15)11(16)6-9(8)13(19)20/h5-6,21H,3-4,7H2,1-2H3,(H,17,18)(H,19,20). The Morgan fingerprint density at radius 3 is 2.05 bits per heavy atom. The number of halogens is 2. The number of carboxylic acid groups (broad SMARTS) is 1. The zero-order chi connectivity index (χ0) is 16.2. The minimum Gasteiger partial charge on any atom is -0.478 e. The fourth-order valence-electron chi connectivity index (χ4n) is 1.75. The summed E-state index contributed by atoms with van der Waals surface area (Å²) in [6.45, 7) is 3.35. The van der Waals surface area contributed by atoms with Gasteiger partial charge in [0.15, 0.2) is 11.6 Å². The van der Waals surface area contributed by atoms with E-state index in [4.69, 9.17) is 5.11 Å². The van der Waals surface area contributed by atoms with Crippen molar-refractivity contribution in [3.8, 4) is 0 Å². The first kappa shape index (κ1) is 17.0. The van der Waals surface area contributed by atoms with E-state index >= 15 is 0 Å². The van der Waals surface area contributed by atoms with Gasteiger partial charge in [-0.2, -0.15) is 0 Å². The van der Waals surface area contributed by atoms with Gasteiger partial charge >= 0.3 is 5.97 Å². The number of carbonyl (C=O) groups excluding carboxylic acids is 1. The molecule has 0 aromatic heterocycles. The lowest BCUT2D eigenvalue weighted by atomic mass is 9.97. The molecule has 0 unspecified atom stereocenters. The summed E-state index contributed by atoms with van der Waals surface area (Å²) >= 11 is 0. The van der Waals surface area contributed by atoms with Gasteiger partial charge in [0.2, 0.25) is 0 Å². The quantitative estimate of drug-likeness (QED) is 0.749. The van der Waals surface area contributed by atoms with Crippen LogP contribution in [0, 0.1) is 11.6 Å². The Balaban J connectivity index is 3.02. The number of benzene rings is 1. The Hall–Kier alpha value is -2.02.